The molecule has 0 fully saturated rings. The number of carboxylic acids is 1. The molecular weight excluding hydrogens is 546 g/mol. The molecule has 0 saturated heterocycles. The Morgan fingerprint density at radius 2 is 1.68 bits per heavy atom. The summed E-state index contributed by atoms with van der Waals surface area (Å²) in [6.45, 7) is 0. The zero-order valence-corrected chi connectivity index (χ0v) is 19.1. The number of alkyl halides is 3. The van der Waals surface area contributed by atoms with Crippen molar-refractivity contribution in [2.24, 2.45) is 0 Å². The fourth-order valence-corrected chi connectivity index (χ4v) is 3.32. The topological polar surface area (TPSA) is 75.6 Å². The first-order valence-electron chi connectivity index (χ1n) is 9.31. The highest BCUT2D eigenvalue weighted by atomic mass is 79.9. The van der Waals surface area contributed by atoms with E-state index in [1.54, 1.807) is 24.3 Å². The van der Waals surface area contributed by atoms with Crippen LogP contribution in [0, 0.1) is 5.82 Å². The van der Waals surface area contributed by atoms with Gasteiger partial charge in [-0.25, -0.2) is 9.18 Å². The number of hydrogen-bond acceptors (Lipinski definition) is 3. The Morgan fingerprint density at radius 3 is 2.26 bits per heavy atom. The van der Waals surface area contributed by atoms with Crippen LogP contribution in [0.1, 0.15) is 21.5 Å². The van der Waals surface area contributed by atoms with Crippen LogP contribution < -0.4 is 10.1 Å². The number of carbonyl (C=O) groups is 2. The van der Waals surface area contributed by atoms with E-state index in [9.17, 15) is 32.3 Å². The minimum atomic E-state index is -5.07. The van der Waals surface area contributed by atoms with Crippen LogP contribution in [0.15, 0.2) is 70.8 Å². The number of carboxylic acid groups (broad SMARTS) is 1. The van der Waals surface area contributed by atoms with Crippen LogP contribution in [-0.4, -0.2) is 17.0 Å². The van der Waals surface area contributed by atoms with Gasteiger partial charge in [-0.15, -0.1) is 0 Å². The first kappa shape index (κ1) is 25.3. The van der Waals surface area contributed by atoms with Crippen molar-refractivity contribution in [2.75, 3.05) is 0 Å². The molecule has 3 rings (SSSR count). The van der Waals surface area contributed by atoms with Crippen LogP contribution in [0.2, 0.25) is 5.02 Å². The van der Waals surface area contributed by atoms with Crippen molar-refractivity contribution < 1.29 is 37.0 Å². The Hall–Kier alpha value is -3.37. The second kappa shape index (κ2) is 10.3. The van der Waals surface area contributed by atoms with Crippen molar-refractivity contribution in [3.05, 3.63) is 98.4 Å². The largest absolute Gasteiger partial charge is 0.477 e. The van der Waals surface area contributed by atoms with Gasteiger partial charge in [0.2, 0.25) is 0 Å². The van der Waals surface area contributed by atoms with Crippen LogP contribution >= 0.6 is 27.5 Å². The lowest BCUT2D eigenvalue weighted by Gasteiger charge is -2.14. The number of carbonyl (C=O) groups excluding carboxylic acids is 1. The lowest BCUT2D eigenvalue weighted by atomic mass is 10.1. The first-order valence-corrected chi connectivity index (χ1v) is 10.5. The monoisotopic (exact) mass is 557 g/mol. The van der Waals surface area contributed by atoms with E-state index in [0.29, 0.717) is 28.1 Å². The number of halogens is 6. The molecule has 0 aliphatic heterocycles. The third-order valence-corrected chi connectivity index (χ3v) is 5.31. The minimum absolute atomic E-state index is 0.278. The summed E-state index contributed by atoms with van der Waals surface area (Å²) in [4.78, 5) is 24.0. The smallest absolute Gasteiger partial charge is 0.417 e. The molecule has 0 heterocycles. The summed E-state index contributed by atoms with van der Waals surface area (Å²) in [5.74, 6) is -3.94. The molecular formula is C23H13BrClF4NO4. The predicted molar refractivity (Wildman–Crippen MR) is 120 cm³/mol. The highest BCUT2D eigenvalue weighted by molar-refractivity contribution is 9.10. The van der Waals surface area contributed by atoms with Gasteiger partial charge < -0.3 is 15.2 Å². The summed E-state index contributed by atoms with van der Waals surface area (Å²) >= 11 is 8.86. The number of benzene rings is 3. The van der Waals surface area contributed by atoms with E-state index < -0.39 is 45.7 Å². The SMILES string of the molecule is O=C(O)C(=Cc1ccc(Oc2ccccc2Br)cc1)NC(=O)c1c(C(F)(F)F)ccc(Cl)c1F. The molecule has 0 aromatic heterocycles. The Morgan fingerprint density at radius 1 is 1.03 bits per heavy atom. The lowest BCUT2D eigenvalue weighted by molar-refractivity contribution is -0.138. The molecule has 0 aliphatic carbocycles. The molecule has 5 nitrogen and oxygen atoms in total. The fraction of sp³-hybridized carbons (Fsp3) is 0.0435. The average Bonchev–Trinajstić information content (AvgIpc) is 2.77. The molecule has 3 aromatic rings. The number of nitrogens with one attached hydrogen (secondary N) is 1. The van der Waals surface area contributed by atoms with Gasteiger partial charge in [0.05, 0.1) is 20.6 Å². The summed E-state index contributed by atoms with van der Waals surface area (Å²) in [6, 6.07) is 14.1. The predicted octanol–water partition coefficient (Wildman–Crippen LogP) is 6.91. The molecule has 0 radical (unpaired) electrons. The molecule has 0 unspecified atom stereocenters. The van der Waals surface area contributed by atoms with E-state index in [4.69, 9.17) is 16.3 Å². The number of aliphatic carboxylic acids is 1. The Bertz CT molecular complexity index is 1280. The molecule has 34 heavy (non-hydrogen) atoms. The van der Waals surface area contributed by atoms with Crippen molar-refractivity contribution in [2.45, 2.75) is 6.18 Å². The van der Waals surface area contributed by atoms with Crippen molar-refractivity contribution in [1.29, 1.82) is 0 Å². The molecule has 176 valence electrons. The maximum absolute atomic E-state index is 14.3. The summed E-state index contributed by atoms with van der Waals surface area (Å²) in [6.07, 6.45) is -4.08. The van der Waals surface area contributed by atoms with Crippen LogP contribution in [0.4, 0.5) is 17.6 Å². The van der Waals surface area contributed by atoms with E-state index >= 15 is 0 Å². The lowest BCUT2D eigenvalue weighted by Crippen LogP contribution is -2.30. The molecule has 0 aliphatic rings. The van der Waals surface area contributed by atoms with Gasteiger partial charge in [0.15, 0.2) is 5.82 Å². The normalized spacial score (nSPS) is 11.8. The summed E-state index contributed by atoms with van der Waals surface area (Å²) in [7, 11) is 0. The van der Waals surface area contributed by atoms with Gasteiger partial charge in [-0.1, -0.05) is 35.9 Å². The van der Waals surface area contributed by atoms with Crippen LogP contribution in [-0.2, 0) is 11.0 Å². The standard InChI is InChI=1S/C23H13BrClF4NO4/c24-15-3-1-2-4-18(15)34-13-7-5-12(6-8-13)11-17(22(32)33)30-21(31)19-14(23(27,28)29)9-10-16(25)20(19)26/h1-11H,(H,30,31)(H,32,33). The van der Waals surface area contributed by atoms with Crippen molar-refractivity contribution in [1.82, 2.24) is 5.32 Å². The van der Waals surface area contributed by atoms with Gasteiger partial charge in [-0.05, 0) is 64.0 Å². The van der Waals surface area contributed by atoms with Crippen LogP contribution in [0.5, 0.6) is 11.5 Å². The maximum Gasteiger partial charge on any atom is 0.417 e. The molecule has 11 heteroatoms. The van der Waals surface area contributed by atoms with Gasteiger partial charge in [-0.3, -0.25) is 4.79 Å². The number of amides is 1. The summed E-state index contributed by atoms with van der Waals surface area (Å²) in [5.41, 5.74) is -3.51. The first-order chi connectivity index (χ1) is 16.0. The van der Waals surface area contributed by atoms with Gasteiger partial charge in [0.1, 0.15) is 17.2 Å². The average molecular weight is 559 g/mol. The third kappa shape index (κ3) is 5.95. The maximum atomic E-state index is 14.3. The number of rotatable bonds is 6. The molecule has 0 spiro atoms. The quantitative estimate of drug-likeness (QED) is 0.255. The van der Waals surface area contributed by atoms with Gasteiger partial charge >= 0.3 is 12.1 Å². The summed E-state index contributed by atoms with van der Waals surface area (Å²) < 4.78 is 60.4. The van der Waals surface area contributed by atoms with Gasteiger partial charge in [0.25, 0.3) is 5.91 Å². The molecule has 0 bridgehead atoms. The van der Waals surface area contributed by atoms with E-state index in [2.05, 4.69) is 15.9 Å². The highest BCUT2D eigenvalue weighted by Crippen LogP contribution is 2.35. The van der Waals surface area contributed by atoms with Crippen LogP contribution in [0.3, 0.4) is 0 Å². The summed E-state index contributed by atoms with van der Waals surface area (Å²) in [5, 5.41) is 10.5. The van der Waals surface area contributed by atoms with E-state index in [1.165, 1.54) is 24.3 Å². The van der Waals surface area contributed by atoms with E-state index in [1.807, 2.05) is 5.32 Å². The molecule has 0 atom stereocenters. The Balaban J connectivity index is 1.87. The second-order valence-corrected chi connectivity index (χ2v) is 7.96. The highest BCUT2D eigenvalue weighted by Gasteiger charge is 2.38. The fourth-order valence-electron chi connectivity index (χ4n) is 2.80. The molecule has 1 amide bonds. The van der Waals surface area contributed by atoms with Gasteiger partial charge in [0, 0.05) is 0 Å². The number of para-hydroxylation sites is 1. The van der Waals surface area contributed by atoms with Crippen molar-refractivity contribution in [3.63, 3.8) is 0 Å². The van der Waals surface area contributed by atoms with Crippen LogP contribution in [0.25, 0.3) is 6.08 Å². The molecule has 3 aromatic carbocycles. The zero-order valence-electron chi connectivity index (χ0n) is 16.8. The minimum Gasteiger partial charge on any atom is -0.477 e. The third-order valence-electron chi connectivity index (χ3n) is 4.36. The molecule has 2 N–H and O–H groups in total. The number of hydrogen-bond donors (Lipinski definition) is 2. The zero-order chi connectivity index (χ0) is 25.0. The van der Waals surface area contributed by atoms with Gasteiger partial charge in [-0.2, -0.15) is 13.2 Å². The Labute approximate surface area is 203 Å². The van der Waals surface area contributed by atoms with Crippen molar-refractivity contribution >= 4 is 45.5 Å². The molecule has 0 saturated carbocycles. The number of ether oxygens (including phenoxy) is 1. The van der Waals surface area contributed by atoms with E-state index in [-0.39, 0.29) is 5.56 Å². The Kier molecular flexibility index (Phi) is 7.63. The van der Waals surface area contributed by atoms with E-state index in [0.717, 1.165) is 6.08 Å². The second-order valence-electron chi connectivity index (χ2n) is 6.70. The van der Waals surface area contributed by atoms with Crippen molar-refractivity contribution in [3.8, 4) is 11.5 Å².